The van der Waals surface area contributed by atoms with Crippen LogP contribution < -0.4 is 21.3 Å². The van der Waals surface area contributed by atoms with Gasteiger partial charge in [-0.3, -0.25) is 18.7 Å². The van der Waals surface area contributed by atoms with Gasteiger partial charge in [-0.1, -0.05) is 26.0 Å². The third-order valence-corrected chi connectivity index (χ3v) is 4.84. The summed E-state index contributed by atoms with van der Waals surface area (Å²) < 4.78 is 7.83. The molecule has 0 aliphatic heterocycles. The first-order valence-corrected chi connectivity index (χ1v) is 9.28. The quantitative estimate of drug-likeness (QED) is 0.712. The van der Waals surface area contributed by atoms with Crippen LogP contribution in [0.4, 0.5) is 5.69 Å². The number of hydrogen-bond donors (Lipinski definition) is 1. The standard InChI is InChI=1S/C21H24N4O4/c1-12(2)14-6-8-15(9-7-14)29-11-16(26)23-18-13(3)10-22-19-17(18)20(27)25(5)21(28)24(19)4/h6-10,12H,11H2,1-5H3,(H,22,23,26). The first-order chi connectivity index (χ1) is 13.7. The maximum Gasteiger partial charge on any atom is 0.332 e. The number of nitrogens with zero attached hydrogens (tertiary/aromatic N) is 3. The summed E-state index contributed by atoms with van der Waals surface area (Å²) in [5.74, 6) is 0.581. The Balaban J connectivity index is 1.86. The van der Waals surface area contributed by atoms with Crippen LogP contribution >= 0.6 is 0 Å². The van der Waals surface area contributed by atoms with E-state index < -0.39 is 17.2 Å². The van der Waals surface area contributed by atoms with Crippen LogP contribution in [0.3, 0.4) is 0 Å². The average Bonchev–Trinajstić information content (AvgIpc) is 2.70. The Morgan fingerprint density at radius 1 is 1.14 bits per heavy atom. The number of nitrogens with one attached hydrogen (secondary N) is 1. The van der Waals surface area contributed by atoms with Crippen molar-refractivity contribution in [3.63, 3.8) is 0 Å². The van der Waals surface area contributed by atoms with E-state index in [2.05, 4.69) is 24.1 Å². The van der Waals surface area contributed by atoms with Gasteiger partial charge in [-0.05, 0) is 36.1 Å². The fourth-order valence-electron chi connectivity index (χ4n) is 3.06. The molecule has 8 heteroatoms. The number of aromatic nitrogens is 3. The minimum atomic E-state index is -0.514. The van der Waals surface area contributed by atoms with E-state index in [-0.39, 0.29) is 17.6 Å². The summed E-state index contributed by atoms with van der Waals surface area (Å²) in [5, 5.41) is 2.92. The Kier molecular flexibility index (Phi) is 5.54. The molecule has 3 rings (SSSR count). The van der Waals surface area contributed by atoms with Crippen LogP contribution in [-0.2, 0) is 18.9 Å². The van der Waals surface area contributed by atoms with E-state index in [1.165, 1.54) is 30.4 Å². The highest BCUT2D eigenvalue weighted by Gasteiger charge is 2.17. The summed E-state index contributed by atoms with van der Waals surface area (Å²) in [7, 11) is 2.92. The van der Waals surface area contributed by atoms with Crippen molar-refractivity contribution >= 4 is 22.6 Å². The fraction of sp³-hybridized carbons (Fsp3) is 0.333. The Hall–Kier alpha value is -3.42. The molecule has 0 fully saturated rings. The number of amides is 1. The molecule has 2 aromatic heterocycles. The molecule has 29 heavy (non-hydrogen) atoms. The van der Waals surface area contributed by atoms with Gasteiger partial charge in [-0.15, -0.1) is 0 Å². The molecule has 3 aromatic rings. The molecule has 152 valence electrons. The van der Waals surface area contributed by atoms with E-state index >= 15 is 0 Å². The first kappa shape index (κ1) is 20.3. The van der Waals surface area contributed by atoms with E-state index in [0.29, 0.717) is 22.9 Å². The van der Waals surface area contributed by atoms with Crippen molar-refractivity contribution in [1.82, 2.24) is 14.1 Å². The Morgan fingerprint density at radius 2 is 1.79 bits per heavy atom. The number of rotatable bonds is 5. The third-order valence-electron chi connectivity index (χ3n) is 4.84. The molecule has 8 nitrogen and oxygen atoms in total. The molecular formula is C21H24N4O4. The highest BCUT2D eigenvalue weighted by molar-refractivity contribution is 6.01. The molecule has 0 bridgehead atoms. The molecule has 0 atom stereocenters. The number of benzene rings is 1. The molecule has 1 N–H and O–H groups in total. The first-order valence-electron chi connectivity index (χ1n) is 9.28. The number of carbonyl (C=O) groups is 1. The van der Waals surface area contributed by atoms with E-state index in [4.69, 9.17) is 4.74 Å². The van der Waals surface area contributed by atoms with Crippen LogP contribution in [0.25, 0.3) is 11.0 Å². The number of fused-ring (bicyclic) bond motifs is 1. The van der Waals surface area contributed by atoms with Crippen LogP contribution in [-0.4, -0.2) is 26.6 Å². The van der Waals surface area contributed by atoms with Gasteiger partial charge in [-0.2, -0.15) is 0 Å². The summed E-state index contributed by atoms with van der Waals surface area (Å²) in [4.78, 5) is 41.4. The van der Waals surface area contributed by atoms with Crippen molar-refractivity contribution in [1.29, 1.82) is 0 Å². The van der Waals surface area contributed by atoms with E-state index in [9.17, 15) is 14.4 Å². The highest BCUT2D eigenvalue weighted by atomic mass is 16.5. The second-order valence-corrected chi connectivity index (χ2v) is 7.28. The van der Waals surface area contributed by atoms with Crippen LogP contribution in [0.5, 0.6) is 5.75 Å². The molecule has 2 heterocycles. The van der Waals surface area contributed by atoms with Gasteiger partial charge in [-0.25, -0.2) is 9.78 Å². The second kappa shape index (κ2) is 7.90. The van der Waals surface area contributed by atoms with Crippen LogP contribution in [0.15, 0.2) is 40.1 Å². The number of carbonyl (C=O) groups excluding carboxylic acids is 1. The summed E-state index contributed by atoms with van der Waals surface area (Å²) >= 11 is 0. The lowest BCUT2D eigenvalue weighted by Crippen LogP contribution is -2.38. The zero-order chi connectivity index (χ0) is 21.3. The van der Waals surface area contributed by atoms with Crippen molar-refractivity contribution in [2.24, 2.45) is 14.1 Å². The topological polar surface area (TPSA) is 95.2 Å². The Morgan fingerprint density at radius 3 is 2.41 bits per heavy atom. The summed E-state index contributed by atoms with van der Waals surface area (Å²) in [6.07, 6.45) is 1.52. The molecule has 0 aliphatic carbocycles. The van der Waals surface area contributed by atoms with Crippen molar-refractivity contribution in [2.75, 3.05) is 11.9 Å². The smallest absolute Gasteiger partial charge is 0.332 e. The van der Waals surface area contributed by atoms with Crippen LogP contribution in [0, 0.1) is 6.92 Å². The van der Waals surface area contributed by atoms with Gasteiger partial charge in [0.25, 0.3) is 11.5 Å². The van der Waals surface area contributed by atoms with Crippen molar-refractivity contribution in [2.45, 2.75) is 26.7 Å². The number of aryl methyl sites for hydroxylation is 2. The Labute approximate surface area is 167 Å². The van der Waals surface area contributed by atoms with Crippen molar-refractivity contribution < 1.29 is 9.53 Å². The van der Waals surface area contributed by atoms with Gasteiger partial charge in [0.2, 0.25) is 0 Å². The predicted molar refractivity (Wildman–Crippen MR) is 112 cm³/mol. The lowest BCUT2D eigenvalue weighted by atomic mass is 10.0. The summed E-state index contributed by atoms with van der Waals surface area (Å²) in [5.41, 5.74) is 1.34. The van der Waals surface area contributed by atoms with Gasteiger partial charge in [0, 0.05) is 20.3 Å². The maximum absolute atomic E-state index is 12.6. The fourth-order valence-corrected chi connectivity index (χ4v) is 3.06. The summed E-state index contributed by atoms with van der Waals surface area (Å²) in [6.45, 7) is 5.73. The van der Waals surface area contributed by atoms with Gasteiger partial charge >= 0.3 is 5.69 Å². The van der Waals surface area contributed by atoms with Gasteiger partial charge in [0.05, 0.1) is 5.69 Å². The lowest BCUT2D eigenvalue weighted by Gasteiger charge is -2.14. The van der Waals surface area contributed by atoms with Gasteiger partial charge in [0.1, 0.15) is 11.1 Å². The largest absolute Gasteiger partial charge is 0.484 e. The van der Waals surface area contributed by atoms with E-state index in [0.717, 1.165) is 4.57 Å². The third kappa shape index (κ3) is 3.91. The number of hydrogen-bond acceptors (Lipinski definition) is 5. The minimum Gasteiger partial charge on any atom is -0.484 e. The highest BCUT2D eigenvalue weighted by Crippen LogP contribution is 2.22. The molecule has 1 amide bonds. The summed E-state index contributed by atoms with van der Waals surface area (Å²) in [6, 6.07) is 7.56. The SMILES string of the molecule is Cc1cnc2c(c1NC(=O)COc1ccc(C(C)C)cc1)c(=O)n(C)c(=O)n2C. The molecule has 0 saturated heterocycles. The molecule has 0 unspecified atom stereocenters. The molecule has 0 saturated carbocycles. The zero-order valence-electron chi connectivity index (χ0n) is 17.1. The van der Waals surface area contributed by atoms with Crippen molar-refractivity contribution in [3.8, 4) is 5.75 Å². The Bertz CT molecular complexity index is 1190. The van der Waals surface area contributed by atoms with E-state index in [1.807, 2.05) is 24.3 Å². The normalized spacial score (nSPS) is 11.1. The predicted octanol–water partition coefficient (Wildman–Crippen LogP) is 2.08. The zero-order valence-corrected chi connectivity index (χ0v) is 17.1. The molecule has 1 aromatic carbocycles. The van der Waals surface area contributed by atoms with Gasteiger partial charge in [0.15, 0.2) is 12.3 Å². The molecule has 0 radical (unpaired) electrons. The minimum absolute atomic E-state index is 0.184. The number of ether oxygens (including phenoxy) is 1. The van der Waals surface area contributed by atoms with Gasteiger partial charge < -0.3 is 10.1 Å². The number of pyridine rings is 1. The maximum atomic E-state index is 12.6. The van der Waals surface area contributed by atoms with Crippen LogP contribution in [0.2, 0.25) is 0 Å². The molecular weight excluding hydrogens is 372 g/mol. The lowest BCUT2D eigenvalue weighted by molar-refractivity contribution is -0.118. The second-order valence-electron chi connectivity index (χ2n) is 7.28. The molecule has 0 aliphatic rings. The average molecular weight is 396 g/mol. The van der Waals surface area contributed by atoms with Crippen LogP contribution in [0.1, 0.15) is 30.9 Å². The number of anilines is 1. The van der Waals surface area contributed by atoms with Crippen molar-refractivity contribution in [3.05, 3.63) is 62.4 Å². The monoisotopic (exact) mass is 396 g/mol. The van der Waals surface area contributed by atoms with E-state index in [1.54, 1.807) is 6.92 Å². The molecule has 0 spiro atoms.